The van der Waals surface area contributed by atoms with Gasteiger partial charge in [-0.25, -0.2) is 0 Å². The van der Waals surface area contributed by atoms with Gasteiger partial charge < -0.3 is 45.7 Å². The maximum Gasteiger partial charge on any atom is 0.278 e. The fraction of sp³-hybridized carbons (Fsp3) is 0.500. The third-order valence-corrected chi connectivity index (χ3v) is 7.70. The summed E-state index contributed by atoms with van der Waals surface area (Å²) in [4.78, 5) is 27.9. The first-order valence-electron chi connectivity index (χ1n) is 15.5. The number of methoxy groups -OCH3 is 1. The second-order valence-corrected chi connectivity index (χ2v) is 13.2. The summed E-state index contributed by atoms with van der Waals surface area (Å²) in [5.41, 5.74) is 0.863. The smallest absolute Gasteiger partial charge is 0.278 e. The molecule has 45 heavy (non-hydrogen) atoms. The van der Waals surface area contributed by atoms with Crippen LogP contribution in [0.1, 0.15) is 82.3 Å². The fourth-order valence-electron chi connectivity index (χ4n) is 5.52. The number of benzene rings is 2. The Bertz CT molecular complexity index is 1350. The van der Waals surface area contributed by atoms with Crippen LogP contribution in [0.15, 0.2) is 42.5 Å². The molecule has 2 aromatic carbocycles. The molecule has 0 spiro atoms. The number of likely N-dealkylation sites (N-methyl/N-ethyl adjacent to an activating group) is 1. The van der Waals surface area contributed by atoms with Gasteiger partial charge in [-0.2, -0.15) is 0 Å². The summed E-state index contributed by atoms with van der Waals surface area (Å²) in [6.45, 7) is 14.2. The number of ether oxygens (including phenoxy) is 3. The molecule has 1 heterocycles. The number of hydrogen-bond donors (Lipinski definition) is 1. The van der Waals surface area contributed by atoms with E-state index in [0.717, 1.165) is 37.1 Å². The number of fused-ring (bicyclic) bond motifs is 1. The second kappa shape index (κ2) is 16.3. The Hall–Kier alpha value is -3.30. The molecule has 0 saturated heterocycles. The molecule has 0 unspecified atom stereocenters. The van der Waals surface area contributed by atoms with Gasteiger partial charge >= 0.3 is 0 Å². The van der Waals surface area contributed by atoms with Crippen molar-refractivity contribution in [1.29, 1.82) is 0 Å². The van der Waals surface area contributed by atoms with E-state index in [9.17, 15) is 14.7 Å². The zero-order chi connectivity index (χ0) is 32.7. The molecule has 1 N–H and O–H groups in total. The Morgan fingerprint density at radius 3 is 2.29 bits per heavy atom. The van der Waals surface area contributed by atoms with Crippen LogP contribution < -0.4 is 31.2 Å². The van der Waals surface area contributed by atoms with Gasteiger partial charge in [0.25, 0.3) is 5.91 Å². The first kappa shape index (κ1) is 37.9. The Labute approximate surface area is 280 Å². The maximum absolute atomic E-state index is 13.1. The van der Waals surface area contributed by atoms with E-state index in [1.165, 1.54) is 13.2 Å². The lowest BCUT2D eigenvalue weighted by Crippen LogP contribution is -3.00. The first-order chi connectivity index (χ1) is 20.6. The number of halogens is 1. The minimum absolute atomic E-state index is 0. The van der Waals surface area contributed by atoms with Crippen LogP contribution in [0.3, 0.4) is 0 Å². The molecule has 0 fully saturated rings. The van der Waals surface area contributed by atoms with Crippen LogP contribution in [0, 0.1) is 0 Å². The Morgan fingerprint density at radius 2 is 1.69 bits per heavy atom. The largest absolute Gasteiger partial charge is 1.00 e. The molecular formula is C36H51BrN2O6. The Kier molecular flexibility index (Phi) is 13.7. The van der Waals surface area contributed by atoms with Crippen molar-refractivity contribution >= 4 is 23.8 Å². The molecule has 0 atom stereocenters. The van der Waals surface area contributed by atoms with Crippen molar-refractivity contribution in [3.63, 3.8) is 0 Å². The van der Waals surface area contributed by atoms with E-state index in [0.29, 0.717) is 28.9 Å². The molecular weight excluding hydrogens is 636 g/mol. The highest BCUT2D eigenvalue weighted by Crippen LogP contribution is 2.43. The van der Waals surface area contributed by atoms with E-state index in [2.05, 4.69) is 41.8 Å². The first-order valence-corrected chi connectivity index (χ1v) is 15.5. The van der Waals surface area contributed by atoms with Gasteiger partial charge in [0.15, 0.2) is 12.3 Å². The number of quaternary nitrogens is 1. The normalized spacial score (nSPS) is 13.8. The van der Waals surface area contributed by atoms with E-state index in [1.807, 2.05) is 49.1 Å². The molecule has 2 aromatic rings. The molecule has 0 aliphatic carbocycles. The number of hydrogen-bond acceptors (Lipinski definition) is 6. The number of phenols is 1. The van der Waals surface area contributed by atoms with Gasteiger partial charge in [-0.3, -0.25) is 9.59 Å². The second-order valence-electron chi connectivity index (χ2n) is 13.2. The van der Waals surface area contributed by atoms with E-state index in [1.54, 1.807) is 18.2 Å². The average molecular weight is 688 g/mol. The predicted molar refractivity (Wildman–Crippen MR) is 177 cm³/mol. The lowest BCUT2D eigenvalue weighted by molar-refractivity contribution is -0.883. The minimum Gasteiger partial charge on any atom is -1.00 e. The van der Waals surface area contributed by atoms with Crippen LogP contribution in [0.25, 0.3) is 12.2 Å². The molecule has 1 aliphatic rings. The molecule has 8 nitrogen and oxygen atoms in total. The van der Waals surface area contributed by atoms with Crippen LogP contribution in [0.4, 0.5) is 0 Å². The molecule has 0 saturated carbocycles. The molecule has 1 amide bonds. The number of rotatable bonds is 15. The number of ketones is 1. The molecule has 0 radical (unpaired) electrons. The number of unbranched alkanes of at least 4 members (excludes halogenated alkanes) is 2. The van der Waals surface area contributed by atoms with Gasteiger partial charge in [0.1, 0.15) is 34.2 Å². The summed E-state index contributed by atoms with van der Waals surface area (Å²) in [7, 11) is 5.70. The molecule has 0 aromatic heterocycles. The van der Waals surface area contributed by atoms with Crippen molar-refractivity contribution in [2.45, 2.75) is 78.5 Å². The third-order valence-electron chi connectivity index (χ3n) is 7.70. The quantitative estimate of drug-likeness (QED) is 0.133. The molecule has 1 aliphatic heterocycles. The van der Waals surface area contributed by atoms with Gasteiger partial charge in [0.05, 0.1) is 39.9 Å². The van der Waals surface area contributed by atoms with Crippen LogP contribution in [0.2, 0.25) is 0 Å². The third kappa shape index (κ3) is 10.6. The standard InChI is InChI=1S/C36H50N2O6.BrH/c1-25(2)37(26(3)4)33(40)24-38(7,8)21-11-10-12-22-43-28-16-13-27(14-17-28)15-18-30(39)34-32(42-9)23-31-29(35(34)41)19-20-36(5,6)44-31;/h13-20,23,25-26H,10-12,21-22,24H2,1-9H3;1H/b18-15+;. The highest BCUT2D eigenvalue weighted by Gasteiger charge is 2.29. The van der Waals surface area contributed by atoms with E-state index in [-0.39, 0.29) is 57.8 Å². The number of amides is 1. The molecule has 9 heteroatoms. The lowest BCUT2D eigenvalue weighted by Gasteiger charge is -2.35. The summed E-state index contributed by atoms with van der Waals surface area (Å²) < 4.78 is 17.9. The van der Waals surface area contributed by atoms with E-state index in [4.69, 9.17) is 14.2 Å². The van der Waals surface area contributed by atoms with Crippen molar-refractivity contribution in [3.8, 4) is 23.0 Å². The summed E-state index contributed by atoms with van der Waals surface area (Å²) in [6, 6.07) is 9.58. The van der Waals surface area contributed by atoms with Gasteiger partial charge in [-0.1, -0.05) is 18.2 Å². The Morgan fingerprint density at radius 1 is 1.04 bits per heavy atom. The highest BCUT2D eigenvalue weighted by atomic mass is 79.9. The van der Waals surface area contributed by atoms with Gasteiger partial charge in [0.2, 0.25) is 0 Å². The summed E-state index contributed by atoms with van der Waals surface area (Å²) in [5, 5.41) is 10.9. The maximum atomic E-state index is 13.1. The number of nitrogens with zero attached hydrogens (tertiary/aromatic N) is 2. The zero-order valence-corrected chi connectivity index (χ0v) is 29.9. The molecule has 248 valence electrons. The van der Waals surface area contributed by atoms with Gasteiger partial charge in [-0.15, -0.1) is 0 Å². The van der Waals surface area contributed by atoms with Crippen LogP contribution in [-0.2, 0) is 4.79 Å². The van der Waals surface area contributed by atoms with Gasteiger partial charge in [-0.05, 0) is 96.7 Å². The number of aromatic hydroxyl groups is 1. The zero-order valence-electron chi connectivity index (χ0n) is 28.4. The van der Waals surface area contributed by atoms with E-state index < -0.39 is 5.60 Å². The Balaban J connectivity index is 0.00000705. The van der Waals surface area contributed by atoms with Crippen LogP contribution >= 0.6 is 0 Å². The monoisotopic (exact) mass is 686 g/mol. The minimum atomic E-state index is -0.520. The van der Waals surface area contributed by atoms with Crippen molar-refractivity contribution in [3.05, 3.63) is 59.2 Å². The van der Waals surface area contributed by atoms with Crippen LogP contribution in [0.5, 0.6) is 23.0 Å². The number of carbonyl (C=O) groups excluding carboxylic acids is 2. The average Bonchev–Trinajstić information content (AvgIpc) is 2.92. The summed E-state index contributed by atoms with van der Waals surface area (Å²) in [5.74, 6) is 1.16. The van der Waals surface area contributed by atoms with E-state index >= 15 is 0 Å². The molecule has 3 rings (SSSR count). The van der Waals surface area contributed by atoms with Gasteiger partial charge in [0, 0.05) is 18.2 Å². The number of carbonyl (C=O) groups is 2. The number of allylic oxidation sites excluding steroid dienone is 1. The van der Waals surface area contributed by atoms with Crippen molar-refractivity contribution < 1.29 is 50.4 Å². The number of phenolic OH excluding ortho intramolecular Hbond substituents is 1. The van der Waals surface area contributed by atoms with Crippen molar-refractivity contribution in [2.24, 2.45) is 0 Å². The SMILES string of the molecule is COc1cc2c(c(O)c1C(=O)/C=C/c1ccc(OCCCCC[N+](C)(C)CC(=O)N(C(C)C)C(C)C)cc1)C=CC(C)(C)O2.[Br-]. The lowest BCUT2D eigenvalue weighted by atomic mass is 9.97. The van der Waals surface area contributed by atoms with Crippen LogP contribution in [-0.4, -0.2) is 84.8 Å². The topological polar surface area (TPSA) is 85.3 Å². The van der Waals surface area contributed by atoms with Crippen molar-refractivity contribution in [2.75, 3.05) is 40.9 Å². The molecule has 0 bridgehead atoms. The summed E-state index contributed by atoms with van der Waals surface area (Å²) in [6.07, 6.45) is 9.71. The fourth-order valence-corrected chi connectivity index (χ4v) is 5.52. The predicted octanol–water partition coefficient (Wildman–Crippen LogP) is 3.76. The van der Waals surface area contributed by atoms with Crippen molar-refractivity contribution in [1.82, 2.24) is 4.90 Å². The summed E-state index contributed by atoms with van der Waals surface area (Å²) >= 11 is 0. The highest BCUT2D eigenvalue weighted by molar-refractivity contribution is 6.11.